The lowest BCUT2D eigenvalue weighted by Gasteiger charge is -2.29. The molecule has 0 aromatic rings. The van der Waals surface area contributed by atoms with Gasteiger partial charge in [-0.05, 0) is 19.3 Å². The van der Waals surface area contributed by atoms with Gasteiger partial charge < -0.3 is 28.8 Å². The third-order valence-electron chi connectivity index (χ3n) is 13.2. The number of carbonyl (C=O) groups excluding carboxylic acids is 1. The average Bonchev–Trinajstić information content (AvgIpc) is 3.26. The summed E-state index contributed by atoms with van der Waals surface area (Å²) in [6.07, 6.45) is 58.5. The van der Waals surface area contributed by atoms with Gasteiger partial charge in [-0.15, -0.1) is 0 Å². The molecule has 1 amide bonds. The zero-order chi connectivity index (χ0) is 47.8. The number of nitrogens with zero attached hydrogens (tertiary/aromatic N) is 1. The summed E-state index contributed by atoms with van der Waals surface area (Å²) in [5.41, 5.74) is 0. The fourth-order valence-electron chi connectivity index (χ4n) is 8.74. The van der Waals surface area contributed by atoms with Crippen molar-refractivity contribution in [1.29, 1.82) is 0 Å². The predicted molar refractivity (Wildman–Crippen MR) is 279 cm³/mol. The topological polar surface area (TPSA) is 108 Å². The van der Waals surface area contributed by atoms with Gasteiger partial charge in [-0.3, -0.25) is 9.36 Å². The van der Waals surface area contributed by atoms with E-state index >= 15 is 0 Å². The first-order chi connectivity index (χ1) is 31.5. The zero-order valence-electron chi connectivity index (χ0n) is 44.2. The molecule has 0 aromatic heterocycles. The summed E-state index contributed by atoms with van der Waals surface area (Å²) in [6, 6.07) is -0.882. The summed E-state index contributed by atoms with van der Waals surface area (Å²) in [5.74, 6) is -0.191. The molecule has 3 unspecified atom stereocenters. The molecule has 0 heterocycles. The monoisotopic (exact) mass is 941 g/mol. The minimum Gasteiger partial charge on any atom is -0.756 e. The molecule has 0 radical (unpaired) electrons. The quantitative estimate of drug-likeness (QED) is 0.0272. The molecule has 9 heteroatoms. The number of phosphoric acid groups is 1. The highest BCUT2D eigenvalue weighted by molar-refractivity contribution is 7.45. The number of nitrogens with one attached hydrogen (secondary N) is 1. The third kappa shape index (κ3) is 50.9. The third-order valence-corrected chi connectivity index (χ3v) is 14.2. The van der Waals surface area contributed by atoms with Crippen LogP contribution in [-0.4, -0.2) is 68.5 Å². The Labute approximate surface area is 405 Å². The van der Waals surface area contributed by atoms with E-state index in [0.29, 0.717) is 17.4 Å². The van der Waals surface area contributed by atoms with Crippen molar-refractivity contribution in [3.05, 3.63) is 12.2 Å². The summed E-state index contributed by atoms with van der Waals surface area (Å²) in [5, 5.41) is 13.9. The van der Waals surface area contributed by atoms with Gasteiger partial charge in [-0.2, -0.15) is 0 Å². The van der Waals surface area contributed by atoms with Crippen molar-refractivity contribution in [2.24, 2.45) is 0 Å². The summed E-state index contributed by atoms with van der Waals surface area (Å²) in [7, 11) is 1.28. The van der Waals surface area contributed by atoms with E-state index < -0.39 is 20.0 Å². The van der Waals surface area contributed by atoms with Crippen LogP contribution in [0.5, 0.6) is 0 Å². The molecule has 8 nitrogen and oxygen atoms in total. The normalized spacial score (nSPS) is 14.0. The fraction of sp³-hybridized carbons (Fsp3) is 0.946. The van der Waals surface area contributed by atoms with Crippen molar-refractivity contribution in [2.45, 2.75) is 302 Å². The maximum absolute atomic E-state index is 12.9. The molecule has 3 atom stereocenters. The number of rotatable bonds is 53. The molecule has 0 aliphatic rings. The number of unbranched alkanes of at least 4 members (excludes halogenated alkanes) is 40. The summed E-state index contributed by atoms with van der Waals surface area (Å²) < 4.78 is 23.3. The van der Waals surface area contributed by atoms with E-state index in [9.17, 15) is 19.4 Å². The molecular formula is C56H113N2O6P. The number of carbonyl (C=O) groups is 1. The SMILES string of the molecule is CCCCCCCCCCCCCCCCCCCCCCCCC/C=C/C(O)C(COP(=O)([O-])OCC[N+](C)(C)C)NC(=O)CCCCCCCCCCCCCCCCCCCC. The first kappa shape index (κ1) is 64.2. The second-order valence-corrected chi connectivity index (χ2v) is 22.4. The maximum atomic E-state index is 12.9. The molecule has 0 aromatic carbocycles. The Kier molecular flexibility index (Phi) is 47.7. The van der Waals surface area contributed by atoms with Crippen molar-refractivity contribution in [3.8, 4) is 0 Å². The summed E-state index contributed by atoms with van der Waals surface area (Å²) in [6.45, 7) is 4.70. The standard InChI is InChI=1S/C56H113N2O6P/c1-6-8-10-12-14-16-18-20-22-24-26-27-28-29-30-31-32-33-35-37-39-41-43-45-47-49-55(59)54(53-64-65(61,62)63-52-51-58(3,4)5)57-56(60)50-48-46-44-42-40-38-36-34-25-23-21-19-17-15-13-11-9-7-2/h47,49,54-55,59H,6-46,48,50-53H2,1-5H3,(H-,57,60,61,62)/b49-47+. The van der Waals surface area contributed by atoms with Crippen LogP contribution >= 0.6 is 7.82 Å². The van der Waals surface area contributed by atoms with Crippen molar-refractivity contribution in [2.75, 3.05) is 40.9 Å². The van der Waals surface area contributed by atoms with E-state index in [0.717, 1.165) is 38.5 Å². The van der Waals surface area contributed by atoms with Crippen molar-refractivity contribution < 1.29 is 32.9 Å². The number of quaternary nitrogens is 1. The van der Waals surface area contributed by atoms with Gasteiger partial charge in [0.15, 0.2) is 0 Å². The fourth-order valence-corrected chi connectivity index (χ4v) is 9.47. The largest absolute Gasteiger partial charge is 0.756 e. The summed E-state index contributed by atoms with van der Waals surface area (Å²) >= 11 is 0. The van der Waals surface area contributed by atoms with E-state index in [1.54, 1.807) is 6.08 Å². The Morgan fingerprint density at radius 2 is 0.831 bits per heavy atom. The number of likely N-dealkylation sites (N-methyl/N-ethyl adjacent to an activating group) is 1. The van der Waals surface area contributed by atoms with Crippen LogP contribution in [0, 0.1) is 0 Å². The lowest BCUT2D eigenvalue weighted by atomic mass is 10.0. The highest BCUT2D eigenvalue weighted by atomic mass is 31.2. The van der Waals surface area contributed by atoms with Gasteiger partial charge in [-0.25, -0.2) is 0 Å². The van der Waals surface area contributed by atoms with Crippen LogP contribution in [0.2, 0.25) is 0 Å². The second-order valence-electron chi connectivity index (χ2n) is 21.0. The predicted octanol–water partition coefficient (Wildman–Crippen LogP) is 16.4. The Morgan fingerprint density at radius 1 is 0.523 bits per heavy atom. The zero-order valence-corrected chi connectivity index (χ0v) is 45.1. The van der Waals surface area contributed by atoms with Gasteiger partial charge in [0.2, 0.25) is 5.91 Å². The van der Waals surface area contributed by atoms with Gasteiger partial charge in [0.25, 0.3) is 7.82 Å². The lowest BCUT2D eigenvalue weighted by Crippen LogP contribution is -2.45. The van der Waals surface area contributed by atoms with E-state index in [2.05, 4.69) is 19.2 Å². The van der Waals surface area contributed by atoms with E-state index in [-0.39, 0.29) is 19.1 Å². The van der Waals surface area contributed by atoms with Crippen molar-refractivity contribution >= 4 is 13.7 Å². The van der Waals surface area contributed by atoms with Crippen LogP contribution in [0.4, 0.5) is 0 Å². The van der Waals surface area contributed by atoms with Gasteiger partial charge in [0.05, 0.1) is 39.9 Å². The maximum Gasteiger partial charge on any atom is 0.268 e. The van der Waals surface area contributed by atoms with Crippen LogP contribution in [0.1, 0.15) is 290 Å². The van der Waals surface area contributed by atoms with Crippen molar-refractivity contribution in [1.82, 2.24) is 5.32 Å². The molecule has 0 aliphatic heterocycles. The molecule has 0 aliphatic carbocycles. The lowest BCUT2D eigenvalue weighted by molar-refractivity contribution is -0.870. The van der Waals surface area contributed by atoms with Gasteiger partial charge in [0, 0.05) is 6.42 Å². The molecule has 388 valence electrons. The highest BCUT2D eigenvalue weighted by Crippen LogP contribution is 2.38. The van der Waals surface area contributed by atoms with Crippen LogP contribution < -0.4 is 10.2 Å². The van der Waals surface area contributed by atoms with E-state index in [1.807, 2.05) is 27.2 Å². The summed E-state index contributed by atoms with van der Waals surface area (Å²) in [4.78, 5) is 25.5. The number of allylic oxidation sites excluding steroid dienone is 1. The first-order valence-corrected chi connectivity index (χ1v) is 30.0. The molecule has 0 bridgehead atoms. The minimum absolute atomic E-state index is 0.00266. The Hall–Kier alpha value is -0.760. The van der Waals surface area contributed by atoms with E-state index in [4.69, 9.17) is 9.05 Å². The molecule has 0 spiro atoms. The Bertz CT molecular complexity index is 1070. The van der Waals surface area contributed by atoms with Crippen LogP contribution in [-0.2, 0) is 18.4 Å². The number of hydrogen-bond donors (Lipinski definition) is 2. The smallest absolute Gasteiger partial charge is 0.268 e. The van der Waals surface area contributed by atoms with Crippen LogP contribution in [0.3, 0.4) is 0 Å². The molecule has 0 saturated carbocycles. The van der Waals surface area contributed by atoms with E-state index in [1.165, 1.54) is 231 Å². The first-order valence-electron chi connectivity index (χ1n) is 28.6. The molecule has 0 saturated heterocycles. The van der Waals surface area contributed by atoms with Crippen molar-refractivity contribution in [3.63, 3.8) is 0 Å². The number of aliphatic hydroxyl groups is 1. The van der Waals surface area contributed by atoms with Gasteiger partial charge in [-0.1, -0.05) is 276 Å². The Morgan fingerprint density at radius 3 is 1.15 bits per heavy atom. The van der Waals surface area contributed by atoms with Gasteiger partial charge in [0.1, 0.15) is 13.2 Å². The number of aliphatic hydroxyl groups excluding tert-OH is 1. The number of phosphoric ester groups is 1. The average molecular weight is 942 g/mol. The molecular weight excluding hydrogens is 828 g/mol. The Balaban J connectivity index is 4.18. The number of amides is 1. The molecule has 0 fully saturated rings. The van der Waals surface area contributed by atoms with Crippen LogP contribution in [0.25, 0.3) is 0 Å². The van der Waals surface area contributed by atoms with Crippen LogP contribution in [0.15, 0.2) is 12.2 Å². The van der Waals surface area contributed by atoms with Gasteiger partial charge >= 0.3 is 0 Å². The molecule has 65 heavy (non-hydrogen) atoms. The minimum atomic E-state index is -4.59. The highest BCUT2D eigenvalue weighted by Gasteiger charge is 2.23. The number of hydrogen-bond acceptors (Lipinski definition) is 6. The molecule has 2 N–H and O–H groups in total. The molecule has 0 rings (SSSR count). The second kappa shape index (κ2) is 48.3.